The predicted octanol–water partition coefficient (Wildman–Crippen LogP) is 19.0. The minimum atomic E-state index is 0.904. The van der Waals surface area contributed by atoms with Crippen LogP contribution in [0, 0.1) is 34.6 Å². The van der Waals surface area contributed by atoms with Gasteiger partial charge in [0.2, 0.25) is 0 Å². The highest BCUT2D eigenvalue weighted by molar-refractivity contribution is 5.85. The van der Waals surface area contributed by atoms with Gasteiger partial charge < -0.3 is 14.5 Å². The van der Waals surface area contributed by atoms with Gasteiger partial charge in [-0.15, -0.1) is 0 Å². The first-order valence-electron chi connectivity index (χ1n) is 25.0. The van der Waals surface area contributed by atoms with Crippen molar-refractivity contribution >= 4 is 58.4 Å². The van der Waals surface area contributed by atoms with E-state index in [2.05, 4.69) is 271 Å². The van der Waals surface area contributed by atoms with Crippen LogP contribution in [0.2, 0.25) is 0 Å². The zero-order valence-electron chi connectivity index (χ0n) is 42.5. The summed E-state index contributed by atoms with van der Waals surface area (Å²) in [6.45, 7) is 15.3. The second-order valence-electron chi connectivity index (χ2n) is 18.6. The fourth-order valence-electron chi connectivity index (χ4n) is 9.65. The second kappa shape index (κ2) is 21.7. The van der Waals surface area contributed by atoms with E-state index in [1.807, 2.05) is 6.07 Å². The van der Waals surface area contributed by atoms with Gasteiger partial charge in [0.15, 0.2) is 0 Å². The van der Waals surface area contributed by atoms with Gasteiger partial charge in [-0.1, -0.05) is 172 Å². The summed E-state index contributed by atoms with van der Waals surface area (Å²) in [5.74, 6) is 0.904. The quantitative estimate of drug-likeness (QED) is 0.0953. The third-order valence-corrected chi connectivity index (χ3v) is 13.8. The molecule has 0 amide bonds. The smallest absolute Gasteiger partial charge is 0.121 e. The largest absolute Gasteiger partial charge is 0.496 e. The van der Waals surface area contributed by atoms with Gasteiger partial charge in [0.05, 0.1) is 18.5 Å². The van der Waals surface area contributed by atoms with Crippen molar-refractivity contribution in [3.8, 4) is 28.0 Å². The van der Waals surface area contributed by atoms with Gasteiger partial charge in [-0.25, -0.2) is 0 Å². The maximum Gasteiger partial charge on any atom is 0.121 e. The molecule has 0 saturated carbocycles. The summed E-state index contributed by atoms with van der Waals surface area (Å²) in [4.78, 5) is 4.83. The highest BCUT2D eigenvalue weighted by Gasteiger charge is 2.20. The van der Waals surface area contributed by atoms with Gasteiger partial charge in [0, 0.05) is 22.7 Å². The number of hydrogen-bond donors (Lipinski definition) is 0. The molecule has 3 nitrogen and oxygen atoms in total. The summed E-state index contributed by atoms with van der Waals surface area (Å²) in [6, 6.07) is 71.0. The van der Waals surface area contributed by atoms with Crippen LogP contribution in [0.4, 0.5) is 34.1 Å². The molecule has 9 aromatic rings. The van der Waals surface area contributed by atoms with E-state index in [9.17, 15) is 0 Å². The van der Waals surface area contributed by atoms with Gasteiger partial charge >= 0.3 is 0 Å². The number of aryl methyl sites for hydroxylation is 7. The standard InChI is InChI=1S/C68H64N2O/c1-9-56-15-11-13-48(4)67(56)69(62-36-23-52(24-37-62)19-21-54-18-17-47(3)50(6)45-54)64-40-32-60(33-41-64)58-28-30-59(31-29-58)61-34-42-65(43-35-61)70(68-49(5)14-12-16-57(68)10-2)63-38-25-53(26-39-63)20-22-55-27-44-66(71-8)51(7)46-55/h11-46H,9-10H2,1-8H3. The number of rotatable bonds is 15. The van der Waals surface area contributed by atoms with Gasteiger partial charge in [0.1, 0.15) is 5.75 Å². The number of nitrogens with zero attached hydrogens (tertiary/aromatic N) is 2. The average Bonchev–Trinajstić information content (AvgIpc) is 3.40. The van der Waals surface area contributed by atoms with E-state index in [0.29, 0.717) is 0 Å². The van der Waals surface area contributed by atoms with E-state index in [1.54, 1.807) is 7.11 Å². The summed E-state index contributed by atoms with van der Waals surface area (Å²) in [5.41, 5.74) is 25.3. The molecule has 0 fully saturated rings. The third kappa shape index (κ3) is 10.7. The maximum atomic E-state index is 5.47. The van der Waals surface area contributed by atoms with Gasteiger partial charge in [-0.2, -0.15) is 0 Å². The summed E-state index contributed by atoms with van der Waals surface area (Å²) in [6.07, 6.45) is 10.6. The Labute approximate surface area is 422 Å². The fourth-order valence-corrected chi connectivity index (χ4v) is 9.65. The fraction of sp³-hybridized carbons (Fsp3) is 0.147. The van der Waals surface area contributed by atoms with Crippen molar-refractivity contribution in [2.24, 2.45) is 0 Å². The summed E-state index contributed by atoms with van der Waals surface area (Å²) < 4.78 is 5.47. The van der Waals surface area contributed by atoms with Gasteiger partial charge in [-0.05, 0) is 192 Å². The molecule has 71 heavy (non-hydrogen) atoms. The lowest BCUT2D eigenvalue weighted by atomic mass is 9.98. The zero-order chi connectivity index (χ0) is 49.4. The van der Waals surface area contributed by atoms with E-state index in [-0.39, 0.29) is 0 Å². The minimum absolute atomic E-state index is 0.904. The molecule has 0 radical (unpaired) electrons. The third-order valence-electron chi connectivity index (χ3n) is 13.8. The van der Waals surface area contributed by atoms with Crippen molar-refractivity contribution in [3.05, 3.63) is 255 Å². The first kappa shape index (κ1) is 47.9. The number of methoxy groups -OCH3 is 1. The van der Waals surface area contributed by atoms with Crippen molar-refractivity contribution in [2.75, 3.05) is 16.9 Å². The highest BCUT2D eigenvalue weighted by atomic mass is 16.5. The molecule has 9 rings (SSSR count). The first-order chi connectivity index (χ1) is 34.6. The molecule has 0 N–H and O–H groups in total. The van der Waals surface area contributed by atoms with E-state index in [4.69, 9.17) is 4.74 Å². The summed E-state index contributed by atoms with van der Waals surface area (Å²) >= 11 is 0. The molecule has 0 bridgehead atoms. The van der Waals surface area contributed by atoms with Crippen molar-refractivity contribution in [1.29, 1.82) is 0 Å². The second-order valence-corrected chi connectivity index (χ2v) is 18.6. The normalized spacial score (nSPS) is 11.4. The number of hydrogen-bond acceptors (Lipinski definition) is 3. The molecule has 352 valence electrons. The lowest BCUT2D eigenvalue weighted by Crippen LogP contribution is -2.13. The van der Waals surface area contributed by atoms with Gasteiger partial charge in [-0.3, -0.25) is 0 Å². The van der Waals surface area contributed by atoms with Crippen LogP contribution in [0.1, 0.15) is 75.0 Å². The summed E-state index contributed by atoms with van der Waals surface area (Å²) in [7, 11) is 1.71. The molecule has 3 heteroatoms. The molecule has 0 atom stereocenters. The Morgan fingerprint density at radius 2 is 0.676 bits per heavy atom. The van der Waals surface area contributed by atoms with Crippen LogP contribution in [0.5, 0.6) is 5.75 Å². The number of benzene rings is 9. The minimum Gasteiger partial charge on any atom is -0.496 e. The van der Waals surface area contributed by atoms with Crippen LogP contribution in [0.25, 0.3) is 46.6 Å². The van der Waals surface area contributed by atoms with E-state index in [1.165, 1.54) is 78.1 Å². The van der Waals surface area contributed by atoms with E-state index < -0.39 is 0 Å². The Hall–Kier alpha value is -8.14. The van der Waals surface area contributed by atoms with Crippen molar-refractivity contribution in [1.82, 2.24) is 0 Å². The highest BCUT2D eigenvalue weighted by Crippen LogP contribution is 2.42. The average molecular weight is 925 g/mol. The van der Waals surface area contributed by atoms with Crippen LogP contribution in [-0.4, -0.2) is 7.11 Å². The Kier molecular flexibility index (Phi) is 14.6. The molecule has 0 aromatic heterocycles. The Morgan fingerprint density at radius 1 is 0.338 bits per heavy atom. The lowest BCUT2D eigenvalue weighted by molar-refractivity contribution is 0.411. The Morgan fingerprint density at radius 3 is 1.04 bits per heavy atom. The molecule has 0 unspecified atom stereocenters. The van der Waals surface area contributed by atoms with E-state index in [0.717, 1.165) is 58.0 Å². The molecule has 0 aliphatic carbocycles. The van der Waals surface area contributed by atoms with Crippen LogP contribution >= 0.6 is 0 Å². The number of para-hydroxylation sites is 2. The van der Waals surface area contributed by atoms with Crippen LogP contribution in [0.15, 0.2) is 194 Å². The molecule has 0 aliphatic rings. The number of ether oxygens (including phenoxy) is 1. The molecule has 9 aromatic carbocycles. The SMILES string of the molecule is CCc1cccc(C)c1N(c1ccc(C=Cc2ccc(C)c(C)c2)cc1)c1ccc(-c2ccc(-c3ccc(N(c4ccc(C=Cc5ccc(OC)c(C)c5)cc4)c4c(C)cccc4CC)cc3)cc2)cc1. The maximum absolute atomic E-state index is 5.47. The van der Waals surface area contributed by atoms with Crippen molar-refractivity contribution < 1.29 is 4.74 Å². The van der Waals surface area contributed by atoms with Crippen molar-refractivity contribution in [3.63, 3.8) is 0 Å². The molecule has 0 aliphatic heterocycles. The van der Waals surface area contributed by atoms with Crippen LogP contribution in [-0.2, 0) is 12.8 Å². The molecule has 0 saturated heterocycles. The van der Waals surface area contributed by atoms with Crippen LogP contribution < -0.4 is 14.5 Å². The molecular formula is C68H64N2O. The summed E-state index contributed by atoms with van der Waals surface area (Å²) in [5, 5.41) is 0. The molecule has 0 spiro atoms. The topological polar surface area (TPSA) is 15.7 Å². The number of anilines is 6. The zero-order valence-corrected chi connectivity index (χ0v) is 42.5. The van der Waals surface area contributed by atoms with Crippen LogP contribution in [0.3, 0.4) is 0 Å². The predicted molar refractivity (Wildman–Crippen MR) is 306 cm³/mol. The van der Waals surface area contributed by atoms with Gasteiger partial charge in [0.25, 0.3) is 0 Å². The Bertz CT molecular complexity index is 3320. The molecule has 0 heterocycles. The van der Waals surface area contributed by atoms with Crippen molar-refractivity contribution in [2.45, 2.75) is 61.3 Å². The Balaban J connectivity index is 0.956. The molecular weight excluding hydrogens is 861 g/mol. The lowest BCUT2D eigenvalue weighted by Gasteiger charge is -2.29. The first-order valence-corrected chi connectivity index (χ1v) is 25.0. The van der Waals surface area contributed by atoms with E-state index >= 15 is 0 Å². The monoisotopic (exact) mass is 925 g/mol.